The second kappa shape index (κ2) is 14.4. The first kappa shape index (κ1) is 30.9. The molecule has 0 radical (unpaired) electrons. The third-order valence-electron chi connectivity index (χ3n) is 9.40. The van der Waals surface area contributed by atoms with E-state index >= 15 is 0 Å². The molecule has 47 heavy (non-hydrogen) atoms. The van der Waals surface area contributed by atoms with Crippen molar-refractivity contribution in [3.63, 3.8) is 0 Å². The Balaban J connectivity index is 1.05. The van der Waals surface area contributed by atoms with Crippen molar-refractivity contribution in [1.29, 1.82) is 0 Å². The van der Waals surface area contributed by atoms with E-state index in [0.29, 0.717) is 6.54 Å². The molecule has 6 aromatic rings. The molecule has 238 valence electrons. The van der Waals surface area contributed by atoms with Crippen molar-refractivity contribution < 1.29 is 14.6 Å². The smallest absolute Gasteiger partial charge is 0.119 e. The number of fused-ring (bicyclic) bond motifs is 3. The first-order chi connectivity index (χ1) is 23.1. The van der Waals surface area contributed by atoms with Crippen LogP contribution in [-0.2, 0) is 6.54 Å². The number of aliphatic hydroxyl groups is 1. The van der Waals surface area contributed by atoms with Crippen LogP contribution < -0.4 is 9.47 Å². The fraction of sp³-hybridized carbons (Fsp3) is 0.238. The van der Waals surface area contributed by atoms with E-state index in [1.54, 1.807) is 7.11 Å². The van der Waals surface area contributed by atoms with Gasteiger partial charge < -0.3 is 14.6 Å². The Bertz CT molecular complexity index is 1900. The molecule has 1 N–H and O–H groups in total. The van der Waals surface area contributed by atoms with Gasteiger partial charge in [0.25, 0.3) is 0 Å². The number of hydrogen-bond donors (Lipinski definition) is 1. The Hall–Kier alpha value is -4.68. The lowest BCUT2D eigenvalue weighted by Gasteiger charge is -2.35. The molecule has 1 saturated heterocycles. The monoisotopic (exact) mass is 622 g/mol. The highest BCUT2D eigenvalue weighted by Gasteiger charge is 2.22. The summed E-state index contributed by atoms with van der Waals surface area (Å²) < 4.78 is 11.6. The summed E-state index contributed by atoms with van der Waals surface area (Å²) >= 11 is 0. The lowest BCUT2D eigenvalue weighted by molar-refractivity contribution is 0.0446. The SMILES string of the molecule is COc1ccc(C(c2ccc(OCC(O)CN3CCN(Cc4ccccc4)CC3)cc2)c2cc3ccccc3c3ccccc23)cc1. The van der Waals surface area contributed by atoms with E-state index in [4.69, 9.17) is 9.47 Å². The predicted octanol–water partition coefficient (Wildman–Crippen LogP) is 7.74. The largest absolute Gasteiger partial charge is 0.497 e. The van der Waals surface area contributed by atoms with Crippen LogP contribution >= 0.6 is 0 Å². The molecule has 0 bridgehead atoms. The van der Waals surface area contributed by atoms with Gasteiger partial charge in [0.2, 0.25) is 0 Å². The molecule has 5 nitrogen and oxygen atoms in total. The van der Waals surface area contributed by atoms with Gasteiger partial charge in [0.15, 0.2) is 0 Å². The van der Waals surface area contributed by atoms with Crippen LogP contribution in [0.4, 0.5) is 0 Å². The molecule has 0 spiro atoms. The van der Waals surface area contributed by atoms with Crippen LogP contribution in [0.2, 0.25) is 0 Å². The molecule has 5 heteroatoms. The maximum Gasteiger partial charge on any atom is 0.119 e. The number of ether oxygens (including phenoxy) is 2. The van der Waals surface area contributed by atoms with Crippen LogP contribution in [0.15, 0.2) is 133 Å². The number of aliphatic hydroxyl groups excluding tert-OH is 1. The van der Waals surface area contributed by atoms with Gasteiger partial charge in [0.05, 0.1) is 7.11 Å². The van der Waals surface area contributed by atoms with Crippen molar-refractivity contribution in [2.24, 2.45) is 0 Å². The van der Waals surface area contributed by atoms with Gasteiger partial charge in [-0.25, -0.2) is 0 Å². The van der Waals surface area contributed by atoms with E-state index in [2.05, 4.69) is 119 Å². The topological polar surface area (TPSA) is 45.2 Å². The average molecular weight is 623 g/mol. The predicted molar refractivity (Wildman–Crippen MR) is 191 cm³/mol. The molecule has 6 aromatic carbocycles. The minimum absolute atomic E-state index is 0.00982. The van der Waals surface area contributed by atoms with Crippen LogP contribution in [0, 0.1) is 0 Å². The Morgan fingerprint density at radius 3 is 1.87 bits per heavy atom. The normalized spacial score (nSPS) is 15.4. The van der Waals surface area contributed by atoms with Crippen molar-refractivity contribution in [2.45, 2.75) is 18.6 Å². The van der Waals surface area contributed by atoms with Gasteiger partial charge in [-0.1, -0.05) is 103 Å². The number of piperazine rings is 1. The summed E-state index contributed by atoms with van der Waals surface area (Å²) in [6, 6.07) is 47.1. The van der Waals surface area contributed by atoms with Gasteiger partial charge in [-0.05, 0) is 74.1 Å². The van der Waals surface area contributed by atoms with Gasteiger partial charge in [-0.2, -0.15) is 0 Å². The summed E-state index contributed by atoms with van der Waals surface area (Å²) in [5, 5.41) is 15.8. The van der Waals surface area contributed by atoms with Gasteiger partial charge in [-0.3, -0.25) is 9.80 Å². The highest BCUT2D eigenvalue weighted by atomic mass is 16.5. The fourth-order valence-corrected chi connectivity index (χ4v) is 6.94. The van der Waals surface area contributed by atoms with Gasteiger partial charge in [-0.15, -0.1) is 0 Å². The summed E-state index contributed by atoms with van der Waals surface area (Å²) in [5.74, 6) is 1.61. The maximum atomic E-state index is 10.8. The molecular weight excluding hydrogens is 580 g/mol. The minimum atomic E-state index is -0.550. The number of rotatable bonds is 11. The highest BCUT2D eigenvalue weighted by Crippen LogP contribution is 2.40. The van der Waals surface area contributed by atoms with Crippen LogP contribution in [-0.4, -0.2) is 67.5 Å². The number of hydrogen-bond acceptors (Lipinski definition) is 5. The van der Waals surface area contributed by atoms with Crippen LogP contribution in [0.5, 0.6) is 11.5 Å². The summed E-state index contributed by atoms with van der Waals surface area (Å²) in [5.41, 5.74) is 4.98. The van der Waals surface area contributed by atoms with E-state index < -0.39 is 6.10 Å². The molecule has 1 aliphatic heterocycles. The first-order valence-electron chi connectivity index (χ1n) is 16.6. The molecule has 0 amide bonds. The standard InChI is InChI=1S/C42H42N2O3/c1-46-36-19-15-32(16-20-36)42(41-27-34-11-5-6-12-38(34)39-13-7-8-14-40(39)41)33-17-21-37(22-18-33)47-30-35(45)29-44-25-23-43(24-26-44)28-31-9-3-2-4-10-31/h2-22,27,35,42,45H,23-26,28-30H2,1H3. The number of β-amino-alcohol motifs (C(OH)–C–C–N with tert-alkyl or cyclic N) is 1. The molecule has 7 rings (SSSR count). The summed E-state index contributed by atoms with van der Waals surface area (Å²) in [6.45, 7) is 5.78. The highest BCUT2D eigenvalue weighted by molar-refractivity contribution is 6.09. The zero-order valence-electron chi connectivity index (χ0n) is 27.0. The Morgan fingerprint density at radius 1 is 0.617 bits per heavy atom. The van der Waals surface area contributed by atoms with Crippen LogP contribution in [0.3, 0.4) is 0 Å². The Labute approximate surface area is 277 Å². The summed E-state index contributed by atoms with van der Waals surface area (Å²) in [7, 11) is 1.70. The third-order valence-corrected chi connectivity index (χ3v) is 9.40. The average Bonchev–Trinajstić information content (AvgIpc) is 3.13. The number of methoxy groups -OCH3 is 1. The first-order valence-corrected chi connectivity index (χ1v) is 16.6. The number of benzene rings is 6. The second-order valence-corrected chi connectivity index (χ2v) is 12.5. The van der Waals surface area contributed by atoms with Gasteiger partial charge in [0.1, 0.15) is 24.2 Å². The zero-order chi connectivity index (χ0) is 32.0. The molecule has 0 saturated carbocycles. The van der Waals surface area contributed by atoms with Gasteiger partial charge >= 0.3 is 0 Å². The third kappa shape index (κ3) is 7.18. The van der Waals surface area contributed by atoms with Crippen LogP contribution in [0.25, 0.3) is 21.5 Å². The van der Waals surface area contributed by atoms with Crippen LogP contribution in [0.1, 0.15) is 28.2 Å². The lowest BCUT2D eigenvalue weighted by atomic mass is 9.81. The minimum Gasteiger partial charge on any atom is -0.497 e. The van der Waals surface area contributed by atoms with Crippen molar-refractivity contribution in [3.05, 3.63) is 156 Å². The zero-order valence-corrected chi connectivity index (χ0v) is 27.0. The van der Waals surface area contributed by atoms with E-state index in [0.717, 1.165) is 44.2 Å². The molecule has 2 atom stereocenters. The van der Waals surface area contributed by atoms with Crippen molar-refractivity contribution in [2.75, 3.05) is 46.4 Å². The number of nitrogens with zero attached hydrogens (tertiary/aromatic N) is 2. The van der Waals surface area contributed by atoms with E-state index in [9.17, 15) is 5.11 Å². The lowest BCUT2D eigenvalue weighted by Crippen LogP contribution is -2.48. The quantitative estimate of drug-likeness (QED) is 0.118. The molecular formula is C42H42N2O3. The summed E-state index contributed by atoms with van der Waals surface area (Å²) in [6.07, 6.45) is -0.550. The second-order valence-electron chi connectivity index (χ2n) is 12.5. The Kier molecular flexibility index (Phi) is 9.48. The van der Waals surface area contributed by atoms with Crippen molar-refractivity contribution in [1.82, 2.24) is 9.80 Å². The molecule has 1 heterocycles. The summed E-state index contributed by atoms with van der Waals surface area (Å²) in [4.78, 5) is 4.82. The molecule has 0 aromatic heterocycles. The van der Waals surface area contributed by atoms with E-state index in [-0.39, 0.29) is 12.5 Å². The van der Waals surface area contributed by atoms with Gasteiger partial charge in [0, 0.05) is 45.2 Å². The molecule has 1 aliphatic rings. The molecule has 1 fully saturated rings. The van der Waals surface area contributed by atoms with E-state index in [1.165, 1.54) is 43.8 Å². The Morgan fingerprint density at radius 2 is 1.19 bits per heavy atom. The van der Waals surface area contributed by atoms with E-state index in [1.807, 2.05) is 24.3 Å². The van der Waals surface area contributed by atoms with Crippen molar-refractivity contribution >= 4 is 21.5 Å². The van der Waals surface area contributed by atoms with Crippen molar-refractivity contribution in [3.8, 4) is 11.5 Å². The molecule has 2 unspecified atom stereocenters. The molecule has 0 aliphatic carbocycles. The fourth-order valence-electron chi connectivity index (χ4n) is 6.94. The maximum absolute atomic E-state index is 10.8.